The molecule has 0 atom stereocenters. The van der Waals surface area contributed by atoms with E-state index in [1.807, 2.05) is 0 Å². The fourth-order valence-electron chi connectivity index (χ4n) is 1.26. The third-order valence-corrected chi connectivity index (χ3v) is 2.10. The van der Waals surface area contributed by atoms with Crippen LogP contribution in [0.2, 0.25) is 0 Å². The van der Waals surface area contributed by atoms with Crippen LogP contribution < -0.4 is 11.1 Å². The highest BCUT2D eigenvalue weighted by Crippen LogP contribution is 2.10. The van der Waals surface area contributed by atoms with E-state index in [1.165, 1.54) is 12.1 Å². The number of carbonyl (C=O) groups excluding carboxylic acids is 2. The van der Waals surface area contributed by atoms with Crippen molar-refractivity contribution < 1.29 is 19.1 Å². The normalized spacial score (nSPS) is 9.37. The van der Waals surface area contributed by atoms with Crippen molar-refractivity contribution in [3.63, 3.8) is 0 Å². The summed E-state index contributed by atoms with van der Waals surface area (Å²) in [5.41, 5.74) is 5.11. The van der Waals surface area contributed by atoms with Crippen molar-refractivity contribution in [1.82, 2.24) is 5.32 Å². The molecule has 19 heavy (non-hydrogen) atoms. The summed E-state index contributed by atoms with van der Waals surface area (Å²) in [6.07, 6.45) is 0.292. The van der Waals surface area contributed by atoms with E-state index in [0.29, 0.717) is 12.0 Å². The van der Waals surface area contributed by atoms with Crippen molar-refractivity contribution in [2.45, 2.75) is 6.42 Å². The van der Waals surface area contributed by atoms with Crippen molar-refractivity contribution in [2.75, 3.05) is 13.2 Å². The Kier molecular flexibility index (Phi) is 5.51. The van der Waals surface area contributed by atoms with Crippen LogP contribution in [0.5, 0.6) is 0 Å². The quantitative estimate of drug-likeness (QED) is 0.656. The molecule has 0 aliphatic carbocycles. The van der Waals surface area contributed by atoms with Crippen LogP contribution in [-0.2, 0) is 4.79 Å². The maximum atomic E-state index is 13.5. The Hall–Kier alpha value is -2.39. The molecule has 0 saturated heterocycles. The molecule has 0 unspecified atom stereocenters. The Bertz CT molecular complexity index is 547. The average molecular weight is 264 g/mol. The van der Waals surface area contributed by atoms with E-state index in [4.69, 9.17) is 10.8 Å². The molecule has 1 aromatic carbocycles. The highest BCUT2D eigenvalue weighted by Gasteiger charge is 2.12. The van der Waals surface area contributed by atoms with Gasteiger partial charge in [-0.25, -0.2) is 4.39 Å². The number of hydrogen-bond acceptors (Lipinski definition) is 3. The summed E-state index contributed by atoms with van der Waals surface area (Å²) < 4.78 is 13.5. The molecule has 0 aliphatic rings. The second-order valence-corrected chi connectivity index (χ2v) is 3.62. The van der Waals surface area contributed by atoms with Crippen LogP contribution in [0.1, 0.15) is 22.3 Å². The monoisotopic (exact) mass is 264 g/mol. The number of aliphatic hydroxyl groups is 1. The van der Waals surface area contributed by atoms with E-state index < -0.39 is 17.6 Å². The van der Waals surface area contributed by atoms with Gasteiger partial charge in [0.05, 0.1) is 18.7 Å². The van der Waals surface area contributed by atoms with Crippen LogP contribution in [-0.4, -0.2) is 30.1 Å². The summed E-state index contributed by atoms with van der Waals surface area (Å²) in [6, 6.07) is 3.81. The van der Waals surface area contributed by atoms with Crippen molar-refractivity contribution in [3.8, 4) is 11.8 Å². The van der Waals surface area contributed by atoms with E-state index in [9.17, 15) is 14.0 Å². The van der Waals surface area contributed by atoms with Crippen molar-refractivity contribution >= 4 is 11.8 Å². The molecular formula is C13H13FN2O3. The molecule has 6 heteroatoms. The van der Waals surface area contributed by atoms with Gasteiger partial charge in [0.2, 0.25) is 5.91 Å². The molecule has 4 N–H and O–H groups in total. The number of aliphatic hydroxyl groups excluding tert-OH is 1. The lowest BCUT2D eigenvalue weighted by Gasteiger charge is -2.04. The largest absolute Gasteiger partial charge is 0.395 e. The minimum absolute atomic E-state index is 0.0693. The molecule has 1 aromatic rings. The zero-order valence-corrected chi connectivity index (χ0v) is 10.1. The number of benzene rings is 1. The Morgan fingerprint density at radius 1 is 1.42 bits per heavy atom. The van der Waals surface area contributed by atoms with Crippen LogP contribution in [0.25, 0.3) is 0 Å². The molecule has 0 bridgehead atoms. The van der Waals surface area contributed by atoms with Crippen molar-refractivity contribution in [1.29, 1.82) is 0 Å². The summed E-state index contributed by atoms with van der Waals surface area (Å²) in [5.74, 6) is 3.18. The Balaban J connectivity index is 2.88. The molecule has 0 aliphatic heterocycles. The number of rotatable bonds is 4. The van der Waals surface area contributed by atoms with E-state index in [2.05, 4.69) is 17.2 Å². The number of primary amides is 1. The molecule has 0 heterocycles. The van der Waals surface area contributed by atoms with Gasteiger partial charge in [-0.1, -0.05) is 11.8 Å². The number of carbonyl (C=O) groups is 2. The summed E-state index contributed by atoms with van der Waals surface area (Å²) in [6.45, 7) is -0.432. The lowest BCUT2D eigenvalue weighted by molar-refractivity contribution is -0.117. The molecule has 0 spiro atoms. The average Bonchev–Trinajstić information content (AvgIpc) is 2.38. The lowest BCUT2D eigenvalue weighted by Crippen LogP contribution is -2.33. The Morgan fingerprint density at radius 3 is 2.79 bits per heavy atom. The van der Waals surface area contributed by atoms with Gasteiger partial charge in [0.1, 0.15) is 5.82 Å². The van der Waals surface area contributed by atoms with Gasteiger partial charge in [-0.3, -0.25) is 9.59 Å². The molecular weight excluding hydrogens is 251 g/mol. The molecule has 100 valence electrons. The first-order valence-corrected chi connectivity index (χ1v) is 5.50. The fourth-order valence-corrected chi connectivity index (χ4v) is 1.26. The number of hydrogen-bond donors (Lipinski definition) is 3. The molecule has 0 fully saturated rings. The third kappa shape index (κ3) is 4.77. The third-order valence-electron chi connectivity index (χ3n) is 2.10. The Morgan fingerprint density at radius 2 is 2.16 bits per heavy atom. The molecule has 0 radical (unpaired) electrons. The molecule has 0 aromatic heterocycles. The first kappa shape index (κ1) is 14.7. The van der Waals surface area contributed by atoms with Gasteiger partial charge >= 0.3 is 0 Å². The lowest BCUT2D eigenvalue weighted by atomic mass is 10.1. The molecule has 2 amide bonds. The summed E-state index contributed by atoms with van der Waals surface area (Å²) in [5, 5.41) is 10.8. The van der Waals surface area contributed by atoms with Crippen LogP contribution in [0.4, 0.5) is 4.39 Å². The minimum atomic E-state index is -0.734. The van der Waals surface area contributed by atoms with E-state index in [1.54, 1.807) is 0 Å². The SMILES string of the molecule is NC(=O)CNC(=O)c1cc(C#CCCO)ccc1F. The summed E-state index contributed by atoms with van der Waals surface area (Å²) in [7, 11) is 0. The second kappa shape index (κ2) is 7.13. The molecule has 5 nitrogen and oxygen atoms in total. The van der Waals surface area contributed by atoms with Crippen LogP contribution >= 0.6 is 0 Å². The molecule has 1 rings (SSSR count). The second-order valence-electron chi connectivity index (χ2n) is 3.62. The van der Waals surface area contributed by atoms with Gasteiger partial charge in [0, 0.05) is 12.0 Å². The first-order chi connectivity index (χ1) is 9.04. The van der Waals surface area contributed by atoms with E-state index in [0.717, 1.165) is 6.07 Å². The highest BCUT2D eigenvalue weighted by molar-refractivity contribution is 5.96. The number of nitrogens with one attached hydrogen (secondary N) is 1. The van der Waals surface area contributed by atoms with Crippen molar-refractivity contribution in [3.05, 3.63) is 35.1 Å². The summed E-state index contributed by atoms with van der Waals surface area (Å²) in [4.78, 5) is 22.1. The van der Waals surface area contributed by atoms with Gasteiger partial charge in [-0.2, -0.15) is 0 Å². The van der Waals surface area contributed by atoms with Crippen molar-refractivity contribution in [2.24, 2.45) is 5.73 Å². The number of amides is 2. The van der Waals surface area contributed by atoms with Gasteiger partial charge in [-0.15, -0.1) is 0 Å². The van der Waals surface area contributed by atoms with Gasteiger partial charge in [0.25, 0.3) is 5.91 Å². The van der Waals surface area contributed by atoms with E-state index in [-0.39, 0.29) is 18.7 Å². The van der Waals surface area contributed by atoms with Crippen LogP contribution in [0.15, 0.2) is 18.2 Å². The maximum Gasteiger partial charge on any atom is 0.254 e. The van der Waals surface area contributed by atoms with Gasteiger partial charge in [-0.05, 0) is 18.2 Å². The van der Waals surface area contributed by atoms with Gasteiger partial charge < -0.3 is 16.2 Å². The fraction of sp³-hybridized carbons (Fsp3) is 0.231. The minimum Gasteiger partial charge on any atom is -0.395 e. The highest BCUT2D eigenvalue weighted by atomic mass is 19.1. The number of nitrogens with two attached hydrogens (primary N) is 1. The Labute approximate surface area is 109 Å². The molecule has 0 saturated carbocycles. The van der Waals surface area contributed by atoms with E-state index >= 15 is 0 Å². The van der Waals surface area contributed by atoms with Crippen LogP contribution in [0, 0.1) is 17.7 Å². The smallest absolute Gasteiger partial charge is 0.254 e. The standard InChI is InChI=1S/C13H13FN2O3/c14-11-5-4-9(3-1-2-6-17)7-10(11)13(19)16-8-12(15)18/h4-5,7,17H,2,6,8H2,(H2,15,18)(H,16,19). The summed E-state index contributed by atoms with van der Waals surface area (Å²) >= 11 is 0. The first-order valence-electron chi connectivity index (χ1n) is 5.50. The topological polar surface area (TPSA) is 92.4 Å². The number of halogens is 1. The predicted octanol–water partition coefficient (Wildman–Crippen LogP) is -0.225. The zero-order valence-electron chi connectivity index (χ0n) is 10.1. The van der Waals surface area contributed by atoms with Gasteiger partial charge in [0.15, 0.2) is 0 Å². The zero-order chi connectivity index (χ0) is 14.3. The van der Waals surface area contributed by atoms with Crippen LogP contribution in [0.3, 0.4) is 0 Å². The predicted molar refractivity (Wildman–Crippen MR) is 66.5 cm³/mol. The maximum absolute atomic E-state index is 13.5.